The van der Waals surface area contributed by atoms with Crippen molar-refractivity contribution in [2.75, 3.05) is 20.1 Å². The van der Waals surface area contributed by atoms with Crippen LogP contribution in [0, 0.1) is 11.6 Å². The lowest BCUT2D eigenvalue weighted by atomic mass is 10.1. The third-order valence-electron chi connectivity index (χ3n) is 2.49. The monoisotopic (exact) mass is 228 g/mol. The molecule has 0 amide bonds. The lowest BCUT2D eigenvalue weighted by Gasteiger charge is -2.21. The number of likely N-dealkylation sites (N-methyl/N-ethyl adjacent to an activating group) is 1. The van der Waals surface area contributed by atoms with Crippen LogP contribution in [0.5, 0.6) is 0 Å². The SMILES string of the molecule is CCCN(C)CC(N)c1cccc(F)c1F. The molecule has 0 aliphatic heterocycles. The van der Waals surface area contributed by atoms with E-state index in [-0.39, 0.29) is 5.56 Å². The van der Waals surface area contributed by atoms with Gasteiger partial charge in [0.2, 0.25) is 0 Å². The summed E-state index contributed by atoms with van der Waals surface area (Å²) < 4.78 is 26.4. The number of rotatable bonds is 5. The van der Waals surface area contributed by atoms with E-state index in [1.165, 1.54) is 12.1 Å². The number of hydrogen-bond donors (Lipinski definition) is 1. The van der Waals surface area contributed by atoms with Gasteiger partial charge in [-0.3, -0.25) is 0 Å². The second kappa shape index (κ2) is 5.92. The van der Waals surface area contributed by atoms with Crippen LogP contribution in [0.4, 0.5) is 8.78 Å². The van der Waals surface area contributed by atoms with Crippen molar-refractivity contribution in [1.82, 2.24) is 4.90 Å². The fourth-order valence-corrected chi connectivity index (χ4v) is 1.71. The molecule has 1 unspecified atom stereocenters. The van der Waals surface area contributed by atoms with Crippen molar-refractivity contribution in [2.45, 2.75) is 19.4 Å². The summed E-state index contributed by atoms with van der Waals surface area (Å²) in [6, 6.07) is 3.62. The molecule has 1 rings (SSSR count). The van der Waals surface area contributed by atoms with Crippen LogP contribution in [-0.4, -0.2) is 25.0 Å². The Morgan fingerprint density at radius 2 is 2.06 bits per heavy atom. The number of hydrogen-bond acceptors (Lipinski definition) is 2. The third-order valence-corrected chi connectivity index (χ3v) is 2.49. The van der Waals surface area contributed by atoms with Gasteiger partial charge in [0.1, 0.15) is 0 Å². The summed E-state index contributed by atoms with van der Waals surface area (Å²) in [7, 11) is 1.92. The van der Waals surface area contributed by atoms with Crippen molar-refractivity contribution in [3.63, 3.8) is 0 Å². The van der Waals surface area contributed by atoms with Crippen LogP contribution >= 0.6 is 0 Å². The largest absolute Gasteiger partial charge is 0.323 e. The Labute approximate surface area is 95.1 Å². The molecule has 0 radical (unpaired) electrons. The Balaban J connectivity index is 2.72. The first-order chi connectivity index (χ1) is 7.56. The molecule has 1 aromatic rings. The molecular weight excluding hydrogens is 210 g/mol. The Morgan fingerprint density at radius 1 is 1.38 bits per heavy atom. The van der Waals surface area contributed by atoms with Crippen LogP contribution < -0.4 is 5.73 Å². The van der Waals surface area contributed by atoms with E-state index in [4.69, 9.17) is 5.73 Å². The third kappa shape index (κ3) is 3.25. The van der Waals surface area contributed by atoms with Crippen LogP contribution in [-0.2, 0) is 0 Å². The van der Waals surface area contributed by atoms with Crippen molar-refractivity contribution in [1.29, 1.82) is 0 Å². The van der Waals surface area contributed by atoms with E-state index < -0.39 is 17.7 Å². The van der Waals surface area contributed by atoms with Crippen molar-refractivity contribution < 1.29 is 8.78 Å². The zero-order chi connectivity index (χ0) is 12.1. The van der Waals surface area contributed by atoms with E-state index in [0.29, 0.717) is 6.54 Å². The van der Waals surface area contributed by atoms with Crippen LogP contribution in [0.1, 0.15) is 24.9 Å². The number of benzene rings is 1. The van der Waals surface area contributed by atoms with Gasteiger partial charge in [0.05, 0.1) is 0 Å². The average Bonchev–Trinajstić information content (AvgIpc) is 2.22. The molecule has 0 fully saturated rings. The average molecular weight is 228 g/mol. The molecule has 1 aromatic carbocycles. The van der Waals surface area contributed by atoms with Gasteiger partial charge in [-0.05, 0) is 26.1 Å². The van der Waals surface area contributed by atoms with Crippen LogP contribution in [0.2, 0.25) is 0 Å². The zero-order valence-corrected chi connectivity index (χ0v) is 9.71. The summed E-state index contributed by atoms with van der Waals surface area (Å²) in [5, 5.41) is 0. The predicted octanol–water partition coefficient (Wildman–Crippen LogP) is 2.31. The van der Waals surface area contributed by atoms with Crippen LogP contribution in [0.25, 0.3) is 0 Å². The standard InChI is InChI=1S/C12H18F2N2/c1-3-7-16(2)8-11(15)9-5-4-6-10(13)12(9)14/h4-6,11H,3,7-8,15H2,1-2H3. The summed E-state index contributed by atoms with van der Waals surface area (Å²) in [5.41, 5.74) is 6.09. The van der Waals surface area contributed by atoms with E-state index in [9.17, 15) is 8.78 Å². The van der Waals surface area contributed by atoms with Gasteiger partial charge in [0, 0.05) is 18.2 Å². The minimum atomic E-state index is -0.842. The van der Waals surface area contributed by atoms with E-state index in [2.05, 4.69) is 6.92 Å². The van der Waals surface area contributed by atoms with Gasteiger partial charge in [-0.15, -0.1) is 0 Å². The highest BCUT2D eigenvalue weighted by Crippen LogP contribution is 2.18. The highest BCUT2D eigenvalue weighted by Gasteiger charge is 2.15. The van der Waals surface area contributed by atoms with E-state index in [1.54, 1.807) is 0 Å². The van der Waals surface area contributed by atoms with Crippen molar-refractivity contribution in [3.8, 4) is 0 Å². The highest BCUT2D eigenvalue weighted by molar-refractivity contribution is 5.22. The van der Waals surface area contributed by atoms with Crippen molar-refractivity contribution >= 4 is 0 Å². The maximum Gasteiger partial charge on any atom is 0.163 e. The quantitative estimate of drug-likeness (QED) is 0.838. The second-order valence-corrected chi connectivity index (χ2v) is 4.01. The van der Waals surface area contributed by atoms with Gasteiger partial charge in [-0.1, -0.05) is 19.1 Å². The maximum atomic E-state index is 13.4. The fourth-order valence-electron chi connectivity index (χ4n) is 1.71. The molecule has 2 nitrogen and oxygen atoms in total. The lowest BCUT2D eigenvalue weighted by molar-refractivity contribution is 0.309. The van der Waals surface area contributed by atoms with Gasteiger partial charge >= 0.3 is 0 Å². The topological polar surface area (TPSA) is 29.3 Å². The molecule has 0 bridgehead atoms. The van der Waals surface area contributed by atoms with Gasteiger partial charge in [-0.25, -0.2) is 8.78 Å². The Bertz CT molecular complexity index is 342. The number of halogens is 2. The van der Waals surface area contributed by atoms with Crippen molar-refractivity contribution in [3.05, 3.63) is 35.4 Å². The molecule has 0 spiro atoms. The second-order valence-electron chi connectivity index (χ2n) is 4.01. The molecule has 0 saturated carbocycles. The Morgan fingerprint density at radius 3 is 2.69 bits per heavy atom. The van der Waals surface area contributed by atoms with Gasteiger partial charge < -0.3 is 10.6 Å². The zero-order valence-electron chi connectivity index (χ0n) is 9.71. The van der Waals surface area contributed by atoms with Crippen LogP contribution in [0.15, 0.2) is 18.2 Å². The highest BCUT2D eigenvalue weighted by atomic mass is 19.2. The van der Waals surface area contributed by atoms with Gasteiger partial charge in [0.25, 0.3) is 0 Å². The minimum absolute atomic E-state index is 0.239. The normalized spacial score (nSPS) is 13.1. The first-order valence-corrected chi connectivity index (χ1v) is 5.44. The smallest absolute Gasteiger partial charge is 0.163 e. The molecule has 0 aliphatic carbocycles. The molecule has 0 aliphatic rings. The number of nitrogens with two attached hydrogens (primary N) is 1. The van der Waals surface area contributed by atoms with E-state index in [1.807, 2.05) is 11.9 Å². The first kappa shape index (κ1) is 13.1. The molecule has 0 aromatic heterocycles. The van der Waals surface area contributed by atoms with E-state index >= 15 is 0 Å². The van der Waals surface area contributed by atoms with Gasteiger partial charge in [-0.2, -0.15) is 0 Å². The molecule has 2 N–H and O–H groups in total. The molecular formula is C12H18F2N2. The molecule has 0 saturated heterocycles. The minimum Gasteiger partial charge on any atom is -0.323 e. The number of nitrogens with zero attached hydrogens (tertiary/aromatic N) is 1. The molecule has 0 heterocycles. The molecule has 16 heavy (non-hydrogen) atoms. The Hall–Kier alpha value is -1.00. The molecule has 90 valence electrons. The summed E-state index contributed by atoms with van der Waals surface area (Å²) in [6.07, 6.45) is 1.01. The lowest BCUT2D eigenvalue weighted by Crippen LogP contribution is -2.30. The summed E-state index contributed by atoms with van der Waals surface area (Å²) in [6.45, 7) is 3.48. The summed E-state index contributed by atoms with van der Waals surface area (Å²) in [5.74, 6) is -1.68. The predicted molar refractivity (Wildman–Crippen MR) is 61.1 cm³/mol. The maximum absolute atomic E-state index is 13.4. The van der Waals surface area contributed by atoms with Crippen molar-refractivity contribution in [2.24, 2.45) is 5.73 Å². The fraction of sp³-hybridized carbons (Fsp3) is 0.500. The molecule has 4 heteroatoms. The first-order valence-electron chi connectivity index (χ1n) is 5.44. The van der Waals surface area contributed by atoms with Crippen LogP contribution in [0.3, 0.4) is 0 Å². The van der Waals surface area contributed by atoms with Gasteiger partial charge in [0.15, 0.2) is 11.6 Å². The summed E-state index contributed by atoms with van der Waals surface area (Å²) >= 11 is 0. The summed E-state index contributed by atoms with van der Waals surface area (Å²) in [4.78, 5) is 2.01. The van der Waals surface area contributed by atoms with E-state index in [0.717, 1.165) is 19.0 Å². The Kier molecular flexibility index (Phi) is 4.83. The molecule has 1 atom stereocenters.